The molecule has 1 rings (SSSR count). The van der Waals surface area contributed by atoms with E-state index in [-0.39, 0.29) is 5.31 Å². The van der Waals surface area contributed by atoms with Gasteiger partial charge in [-0.05, 0) is 19.3 Å². The number of rotatable bonds is 1. The van der Waals surface area contributed by atoms with Gasteiger partial charge in [-0.1, -0.05) is 0 Å². The van der Waals surface area contributed by atoms with Crippen LogP contribution in [0.15, 0.2) is 0 Å². The van der Waals surface area contributed by atoms with E-state index in [4.69, 9.17) is 14.7 Å². The minimum atomic E-state index is -3.14. The van der Waals surface area contributed by atoms with Crippen molar-refractivity contribution in [3.8, 4) is 0 Å². The predicted octanol–water partition coefficient (Wildman–Crippen LogP) is -0.177. The molecular formula is C5H9NO2. The van der Waals surface area contributed by atoms with Gasteiger partial charge in [0, 0.05) is 6.85 Å². The summed E-state index contributed by atoms with van der Waals surface area (Å²) in [7, 11) is 0. The van der Waals surface area contributed by atoms with E-state index in [2.05, 4.69) is 0 Å². The van der Waals surface area contributed by atoms with Crippen LogP contribution >= 0.6 is 0 Å². The van der Waals surface area contributed by atoms with Crippen LogP contribution in [-0.2, 0) is 4.79 Å². The zero-order valence-corrected chi connectivity index (χ0v) is 3.88. The molecule has 0 aromatic heterocycles. The molecule has 1 aliphatic heterocycles. The highest BCUT2D eigenvalue weighted by Crippen LogP contribution is 2.03. The summed E-state index contributed by atoms with van der Waals surface area (Å²) in [5.74, 6) is -1.99. The minimum Gasteiger partial charge on any atom is -0.480 e. The van der Waals surface area contributed by atoms with Gasteiger partial charge in [0.2, 0.25) is 0 Å². The fourth-order valence-corrected chi connectivity index (χ4v) is 0.338. The van der Waals surface area contributed by atoms with Gasteiger partial charge in [-0.3, -0.25) is 4.79 Å². The van der Waals surface area contributed by atoms with E-state index in [1.807, 2.05) is 0 Å². The Morgan fingerprint density at radius 3 is 3.25 bits per heavy atom. The van der Waals surface area contributed by atoms with Crippen molar-refractivity contribution in [1.29, 1.82) is 0 Å². The molecule has 2 atom stereocenters. The van der Waals surface area contributed by atoms with Crippen molar-refractivity contribution in [2.24, 2.45) is 0 Å². The lowest BCUT2D eigenvalue weighted by Gasteiger charge is -1.99. The lowest BCUT2D eigenvalue weighted by atomic mass is 10.2. The van der Waals surface area contributed by atoms with Gasteiger partial charge in [0.25, 0.3) is 0 Å². The summed E-state index contributed by atoms with van der Waals surface area (Å²) in [6.07, 6.45) is -6.03. The molecule has 1 heterocycles. The van der Waals surface area contributed by atoms with Crippen LogP contribution in [0, 0.1) is 0 Å². The van der Waals surface area contributed by atoms with Crippen molar-refractivity contribution in [2.75, 3.05) is 6.52 Å². The summed E-state index contributed by atoms with van der Waals surface area (Å²) in [6.45, 7) is -2.05. The van der Waals surface area contributed by atoms with E-state index in [0.717, 1.165) is 0 Å². The molecule has 1 aliphatic rings. The molecular weight excluding hydrogens is 106 g/mol. The molecule has 0 spiro atoms. The van der Waals surface area contributed by atoms with Gasteiger partial charge < -0.3 is 10.4 Å². The Morgan fingerprint density at radius 1 is 2.25 bits per heavy atom. The molecule has 0 saturated carbocycles. The molecule has 1 unspecified atom stereocenters. The van der Waals surface area contributed by atoms with Crippen LogP contribution in [-0.4, -0.2) is 23.6 Å². The molecule has 2 N–H and O–H groups in total. The lowest BCUT2D eigenvalue weighted by Crippen LogP contribution is -2.29. The van der Waals surface area contributed by atoms with Crippen LogP contribution in [0.2, 0.25) is 1.41 Å². The zero-order valence-electron chi connectivity index (χ0n) is 10.9. The predicted molar refractivity (Wildman–Crippen MR) is 28.7 cm³/mol. The average Bonchev–Trinajstić information content (AvgIpc) is 2.19. The first-order chi connectivity index (χ1) is 6.51. The third kappa shape index (κ3) is 0.980. The van der Waals surface area contributed by atoms with Gasteiger partial charge in [-0.15, -0.1) is 0 Å². The second kappa shape index (κ2) is 2.13. The van der Waals surface area contributed by atoms with Gasteiger partial charge in [-0.2, -0.15) is 0 Å². The summed E-state index contributed by atoms with van der Waals surface area (Å²) in [6, 6.07) is -3.11. The summed E-state index contributed by atoms with van der Waals surface area (Å²) in [4.78, 5) is 10.7. The maximum Gasteiger partial charge on any atom is 0.320 e. The van der Waals surface area contributed by atoms with E-state index in [9.17, 15) is 4.79 Å². The van der Waals surface area contributed by atoms with Crippen LogP contribution in [0.5, 0.6) is 0 Å². The number of hydrogen-bond donors (Lipinski definition) is 2. The summed E-state index contributed by atoms with van der Waals surface area (Å²) < 4.78 is 50.7. The molecule has 0 aromatic carbocycles. The van der Waals surface area contributed by atoms with E-state index in [0.29, 0.717) is 0 Å². The summed E-state index contributed by atoms with van der Waals surface area (Å²) >= 11 is 0. The second-order valence-electron chi connectivity index (χ2n) is 1.18. The average molecular weight is 122 g/mol. The fraction of sp³-hybridized carbons (Fsp3) is 0.800. The molecule has 8 heavy (non-hydrogen) atoms. The highest BCUT2D eigenvalue weighted by Gasteiger charge is 2.20. The minimum absolute atomic E-state index is 0.171. The van der Waals surface area contributed by atoms with Crippen molar-refractivity contribution in [3.63, 3.8) is 0 Å². The largest absolute Gasteiger partial charge is 0.480 e. The molecule has 3 heteroatoms. The fourth-order valence-electron chi connectivity index (χ4n) is 0.338. The highest BCUT2D eigenvalue weighted by atomic mass is 16.4. The number of carbonyl (C=O) groups is 1. The van der Waals surface area contributed by atoms with Crippen LogP contribution in [0.25, 0.3) is 0 Å². The Balaban J connectivity index is 3.39. The molecule has 0 aromatic rings. The zero-order chi connectivity index (χ0) is 12.2. The molecule has 1 fully saturated rings. The van der Waals surface area contributed by atoms with Gasteiger partial charge in [0.15, 0.2) is 0 Å². The van der Waals surface area contributed by atoms with Gasteiger partial charge in [-0.25, -0.2) is 0 Å². The standard InChI is InChI=1S/C5H9NO2/c7-5(8)4-2-1-3-6-4/h4,6H,1-3H2,(H,7,8)/t4-/m0/s1/i1D2,2D2,3D,4D/hD/t3?,4-. The number of hydrogen-bond acceptors (Lipinski definition) is 2. The molecule has 3 nitrogen and oxygen atoms in total. The van der Waals surface area contributed by atoms with Gasteiger partial charge >= 0.3 is 5.97 Å². The normalized spacial score (nSPS) is 74.5. The number of carboxylic acids is 1. The SMILES string of the molecule is [2H]C1N([2H])[C@]([2H])(C(=O)O)C([2H])([2H])C1([2H])[2H]. The smallest absolute Gasteiger partial charge is 0.320 e. The van der Waals surface area contributed by atoms with E-state index < -0.39 is 31.3 Å². The highest BCUT2D eigenvalue weighted by molar-refractivity contribution is 5.73. The first-order valence-corrected chi connectivity index (χ1v) is 1.95. The first kappa shape index (κ1) is 1.48. The molecule has 1 saturated heterocycles. The Morgan fingerprint density at radius 2 is 3.00 bits per heavy atom. The van der Waals surface area contributed by atoms with Crippen LogP contribution in [0.3, 0.4) is 0 Å². The third-order valence-corrected chi connectivity index (χ3v) is 0.651. The Bertz CT molecular complexity index is 308. The molecule has 46 valence electrons. The topological polar surface area (TPSA) is 49.3 Å². The molecule has 0 bridgehead atoms. The Kier molecular flexibility index (Phi) is 0.393. The van der Waals surface area contributed by atoms with E-state index in [1.165, 1.54) is 0 Å². The Hall–Kier alpha value is -0.570. The first-order valence-electron chi connectivity index (χ1n) is 5.47. The molecule has 0 aliphatic carbocycles. The lowest BCUT2D eigenvalue weighted by molar-refractivity contribution is -0.139. The second-order valence-corrected chi connectivity index (χ2v) is 1.18. The Labute approximate surface area is 57.6 Å². The third-order valence-electron chi connectivity index (χ3n) is 0.651. The summed E-state index contributed by atoms with van der Waals surface area (Å²) in [5.41, 5.74) is 0. The summed E-state index contributed by atoms with van der Waals surface area (Å²) in [5, 5.41) is 8.52. The number of nitrogens with one attached hydrogen (secondary N) is 1. The number of carboxylic acid groups (broad SMARTS) is 1. The molecule has 0 amide bonds. The van der Waals surface area contributed by atoms with E-state index >= 15 is 0 Å². The van der Waals surface area contributed by atoms with Crippen molar-refractivity contribution >= 4 is 5.97 Å². The van der Waals surface area contributed by atoms with Crippen molar-refractivity contribution in [2.45, 2.75) is 18.8 Å². The van der Waals surface area contributed by atoms with Crippen molar-refractivity contribution in [1.82, 2.24) is 5.31 Å². The van der Waals surface area contributed by atoms with Crippen LogP contribution in [0.1, 0.15) is 21.0 Å². The molecule has 0 radical (unpaired) electrons. The number of aliphatic carboxylic acids is 1. The van der Waals surface area contributed by atoms with Gasteiger partial charge in [0.1, 0.15) is 7.43 Å². The van der Waals surface area contributed by atoms with Crippen LogP contribution in [0.4, 0.5) is 0 Å². The monoisotopic (exact) mass is 122 g/mol. The quantitative estimate of drug-likeness (QED) is 0.507. The van der Waals surface area contributed by atoms with Crippen molar-refractivity contribution < 1.29 is 19.5 Å². The van der Waals surface area contributed by atoms with E-state index in [1.54, 1.807) is 0 Å². The van der Waals surface area contributed by atoms with Crippen molar-refractivity contribution in [3.05, 3.63) is 0 Å². The maximum absolute atomic E-state index is 10.7. The maximum atomic E-state index is 10.7. The van der Waals surface area contributed by atoms with Gasteiger partial charge in [0.05, 0.1) is 1.37 Å². The van der Waals surface area contributed by atoms with Crippen LogP contribution < -0.4 is 5.31 Å².